The summed E-state index contributed by atoms with van der Waals surface area (Å²) in [5.41, 5.74) is 5.43. The van der Waals surface area contributed by atoms with Crippen LogP contribution in [0.15, 0.2) is 17.2 Å². The molecule has 0 aromatic carbocycles. The summed E-state index contributed by atoms with van der Waals surface area (Å²) in [6.07, 6.45) is 3.18. The molecular weight excluding hydrogens is 220 g/mol. The molecule has 0 saturated carbocycles. The van der Waals surface area contributed by atoms with Crippen molar-refractivity contribution in [3.63, 3.8) is 0 Å². The van der Waals surface area contributed by atoms with Crippen molar-refractivity contribution in [3.8, 4) is 0 Å². The van der Waals surface area contributed by atoms with Crippen LogP contribution in [0.3, 0.4) is 0 Å². The van der Waals surface area contributed by atoms with E-state index in [1.807, 2.05) is 0 Å². The van der Waals surface area contributed by atoms with Crippen molar-refractivity contribution < 1.29 is 4.79 Å². The number of hydrogen-bond donors (Lipinski definition) is 3. The molecule has 1 aromatic heterocycles. The predicted octanol–water partition coefficient (Wildman–Crippen LogP) is -0.127. The van der Waals surface area contributed by atoms with Gasteiger partial charge in [0.05, 0.1) is 6.20 Å². The van der Waals surface area contributed by atoms with Crippen LogP contribution in [0, 0.1) is 5.92 Å². The molecular formula is C11H18N4O2. The largest absolute Gasteiger partial charge is 0.347 e. The number of nitrogens with one attached hydrogen (secondary N) is 2. The fraction of sp³-hybridized carbons (Fsp3) is 0.545. The molecule has 0 aliphatic rings. The Morgan fingerprint density at radius 1 is 1.59 bits per heavy atom. The van der Waals surface area contributed by atoms with Gasteiger partial charge in [-0.1, -0.05) is 13.8 Å². The number of nitrogens with two attached hydrogens (primary N) is 1. The van der Waals surface area contributed by atoms with E-state index in [2.05, 4.69) is 29.1 Å². The van der Waals surface area contributed by atoms with Gasteiger partial charge in [0, 0.05) is 18.8 Å². The molecule has 1 amide bonds. The summed E-state index contributed by atoms with van der Waals surface area (Å²) >= 11 is 0. The zero-order valence-corrected chi connectivity index (χ0v) is 10.1. The lowest BCUT2D eigenvalue weighted by molar-refractivity contribution is 0.0928. The molecule has 94 valence electrons. The highest BCUT2D eigenvalue weighted by atomic mass is 16.2. The third-order valence-corrected chi connectivity index (χ3v) is 2.28. The van der Waals surface area contributed by atoms with E-state index >= 15 is 0 Å². The van der Waals surface area contributed by atoms with E-state index in [9.17, 15) is 9.59 Å². The lowest BCUT2D eigenvalue weighted by Crippen LogP contribution is -2.41. The highest BCUT2D eigenvalue weighted by Crippen LogP contribution is 2.04. The molecule has 0 aliphatic carbocycles. The third kappa shape index (κ3) is 4.36. The normalized spacial score (nSPS) is 12.5. The lowest BCUT2D eigenvalue weighted by Gasteiger charge is -2.18. The van der Waals surface area contributed by atoms with Crippen LogP contribution in [0.2, 0.25) is 0 Å². The van der Waals surface area contributed by atoms with E-state index < -0.39 is 0 Å². The number of nitrogens with zero attached hydrogens (tertiary/aromatic N) is 1. The molecule has 0 radical (unpaired) electrons. The number of H-pyrrole nitrogens is 1. The smallest absolute Gasteiger partial charge is 0.271 e. The van der Waals surface area contributed by atoms with E-state index in [4.69, 9.17) is 5.73 Å². The summed E-state index contributed by atoms with van der Waals surface area (Å²) < 4.78 is 0. The number of hydrogen-bond acceptors (Lipinski definition) is 4. The molecule has 1 unspecified atom stereocenters. The van der Waals surface area contributed by atoms with Gasteiger partial charge < -0.3 is 16.0 Å². The van der Waals surface area contributed by atoms with Crippen LogP contribution in [-0.2, 0) is 0 Å². The van der Waals surface area contributed by atoms with Crippen molar-refractivity contribution in [3.05, 3.63) is 28.4 Å². The molecule has 0 saturated heterocycles. The minimum absolute atomic E-state index is 0.0729. The van der Waals surface area contributed by atoms with Crippen molar-refractivity contribution in [1.82, 2.24) is 15.3 Å². The van der Waals surface area contributed by atoms with Gasteiger partial charge in [-0.05, 0) is 12.3 Å². The quantitative estimate of drug-likeness (QED) is 0.665. The second kappa shape index (κ2) is 6.15. The molecule has 1 rings (SSSR count). The Kier molecular flexibility index (Phi) is 4.84. The summed E-state index contributed by atoms with van der Waals surface area (Å²) in [4.78, 5) is 28.7. The lowest BCUT2D eigenvalue weighted by atomic mass is 10.0. The average Bonchev–Trinajstić information content (AvgIpc) is 2.28. The van der Waals surface area contributed by atoms with Gasteiger partial charge in [0.15, 0.2) is 0 Å². The fourth-order valence-corrected chi connectivity index (χ4v) is 1.51. The molecule has 1 aromatic rings. The van der Waals surface area contributed by atoms with Gasteiger partial charge in [-0.3, -0.25) is 9.59 Å². The van der Waals surface area contributed by atoms with Crippen molar-refractivity contribution >= 4 is 5.91 Å². The van der Waals surface area contributed by atoms with Gasteiger partial charge >= 0.3 is 0 Å². The zero-order valence-electron chi connectivity index (χ0n) is 10.1. The maximum absolute atomic E-state index is 11.8. The first-order chi connectivity index (χ1) is 8.02. The van der Waals surface area contributed by atoms with Gasteiger partial charge in [-0.15, -0.1) is 0 Å². The van der Waals surface area contributed by atoms with Crippen molar-refractivity contribution in [2.24, 2.45) is 11.7 Å². The standard InChI is InChI=1S/C11H18N4O2/c1-7(2)3-8(4-12)15-11(17)9-5-14-10(16)6-13-9/h5-8H,3-4,12H2,1-2H3,(H,14,16)(H,15,17). The Morgan fingerprint density at radius 2 is 2.29 bits per heavy atom. The minimum atomic E-state index is -0.334. The van der Waals surface area contributed by atoms with E-state index in [0.29, 0.717) is 12.5 Å². The van der Waals surface area contributed by atoms with Gasteiger partial charge in [-0.25, -0.2) is 4.98 Å². The van der Waals surface area contributed by atoms with Crippen molar-refractivity contribution in [1.29, 1.82) is 0 Å². The van der Waals surface area contributed by atoms with E-state index in [1.165, 1.54) is 6.20 Å². The monoisotopic (exact) mass is 238 g/mol. The fourth-order valence-electron chi connectivity index (χ4n) is 1.51. The molecule has 0 aliphatic heterocycles. The van der Waals surface area contributed by atoms with Crippen LogP contribution < -0.4 is 16.6 Å². The van der Waals surface area contributed by atoms with Crippen molar-refractivity contribution in [2.75, 3.05) is 6.54 Å². The molecule has 6 heteroatoms. The van der Waals surface area contributed by atoms with E-state index in [1.54, 1.807) is 0 Å². The number of aromatic amines is 1. The van der Waals surface area contributed by atoms with Crippen LogP contribution in [0.25, 0.3) is 0 Å². The van der Waals surface area contributed by atoms with Crippen LogP contribution in [0.4, 0.5) is 0 Å². The van der Waals surface area contributed by atoms with Crippen LogP contribution in [0.5, 0.6) is 0 Å². The van der Waals surface area contributed by atoms with Gasteiger partial charge in [-0.2, -0.15) is 0 Å². The number of rotatable bonds is 5. The SMILES string of the molecule is CC(C)CC(CN)NC(=O)c1c[nH]c(=O)cn1. The first-order valence-corrected chi connectivity index (χ1v) is 5.58. The third-order valence-electron chi connectivity index (χ3n) is 2.28. The van der Waals surface area contributed by atoms with Crippen LogP contribution in [-0.4, -0.2) is 28.5 Å². The topological polar surface area (TPSA) is 101 Å². The predicted molar refractivity (Wildman–Crippen MR) is 64.6 cm³/mol. The zero-order chi connectivity index (χ0) is 12.8. The van der Waals surface area contributed by atoms with Gasteiger partial charge in [0.25, 0.3) is 11.5 Å². The molecule has 0 fully saturated rings. The molecule has 0 bridgehead atoms. The summed E-state index contributed by atoms with van der Waals surface area (Å²) in [7, 11) is 0. The Bertz CT molecular complexity index is 407. The first kappa shape index (κ1) is 13.4. The van der Waals surface area contributed by atoms with Crippen LogP contribution >= 0.6 is 0 Å². The summed E-state index contributed by atoms with van der Waals surface area (Å²) in [5, 5.41) is 2.79. The highest BCUT2D eigenvalue weighted by Gasteiger charge is 2.14. The van der Waals surface area contributed by atoms with Gasteiger partial charge in [0.1, 0.15) is 5.69 Å². The second-order valence-corrected chi connectivity index (χ2v) is 4.33. The molecule has 4 N–H and O–H groups in total. The number of carbonyl (C=O) groups is 1. The summed E-state index contributed by atoms with van der Waals surface area (Å²) in [5.74, 6) is 0.129. The second-order valence-electron chi connectivity index (χ2n) is 4.33. The Labute approximate surface area is 99.6 Å². The van der Waals surface area contributed by atoms with Crippen molar-refractivity contribution in [2.45, 2.75) is 26.3 Å². The maximum atomic E-state index is 11.8. The Balaban J connectivity index is 2.64. The molecule has 0 spiro atoms. The number of carbonyl (C=O) groups excluding carboxylic acids is 1. The molecule has 17 heavy (non-hydrogen) atoms. The summed E-state index contributed by atoms with van der Waals surface area (Å²) in [6, 6.07) is -0.0729. The average molecular weight is 238 g/mol. The number of amides is 1. The van der Waals surface area contributed by atoms with E-state index in [-0.39, 0.29) is 23.2 Å². The molecule has 1 heterocycles. The minimum Gasteiger partial charge on any atom is -0.347 e. The van der Waals surface area contributed by atoms with Gasteiger partial charge in [0.2, 0.25) is 0 Å². The van der Waals surface area contributed by atoms with E-state index in [0.717, 1.165) is 12.6 Å². The maximum Gasteiger partial charge on any atom is 0.271 e. The molecule has 1 atom stereocenters. The highest BCUT2D eigenvalue weighted by molar-refractivity contribution is 5.92. The van der Waals surface area contributed by atoms with Crippen LogP contribution in [0.1, 0.15) is 30.8 Å². The summed E-state index contributed by atoms with van der Waals surface area (Å²) in [6.45, 7) is 4.51. The number of aromatic nitrogens is 2. The Morgan fingerprint density at radius 3 is 2.76 bits per heavy atom. The molecule has 6 nitrogen and oxygen atoms in total. The first-order valence-electron chi connectivity index (χ1n) is 5.58. The Hall–Kier alpha value is -1.69.